The fourth-order valence-corrected chi connectivity index (χ4v) is 1.32. The molecule has 0 aliphatic rings. The molecule has 1 amide bonds. The van der Waals surface area contributed by atoms with E-state index in [9.17, 15) is 4.79 Å². The minimum atomic E-state index is -0.320. The van der Waals surface area contributed by atoms with E-state index in [0.717, 1.165) is 0 Å². The summed E-state index contributed by atoms with van der Waals surface area (Å²) in [5.74, 6) is 2.74. The number of nitrogen functional groups attached to an aromatic ring is 1. The third-order valence-corrected chi connectivity index (χ3v) is 2.10. The molecule has 0 spiro atoms. The molecule has 1 aromatic rings. The second-order valence-corrected chi connectivity index (χ2v) is 3.59. The van der Waals surface area contributed by atoms with Crippen molar-refractivity contribution < 1.29 is 9.53 Å². The molecule has 0 radical (unpaired) electrons. The quantitative estimate of drug-likeness (QED) is 0.609. The monoisotopic (exact) mass is 232 g/mol. The van der Waals surface area contributed by atoms with E-state index in [1.165, 1.54) is 0 Å². The number of terminal acetylenes is 1. The summed E-state index contributed by atoms with van der Waals surface area (Å²) in [6, 6.07) is 4.57. The van der Waals surface area contributed by atoms with Crippen molar-refractivity contribution in [3.63, 3.8) is 0 Å². The molecule has 0 heterocycles. The first kappa shape index (κ1) is 12.9. The molecule has 17 heavy (non-hydrogen) atoms. The zero-order valence-corrected chi connectivity index (χ0v) is 9.99. The summed E-state index contributed by atoms with van der Waals surface area (Å²) in [5.41, 5.74) is 6.61. The maximum atomic E-state index is 11.8. The van der Waals surface area contributed by atoms with Gasteiger partial charge in [-0.05, 0) is 26.0 Å². The Morgan fingerprint density at radius 1 is 1.59 bits per heavy atom. The molecule has 90 valence electrons. The van der Waals surface area contributed by atoms with Gasteiger partial charge in [0.1, 0.15) is 5.75 Å². The molecule has 0 saturated heterocycles. The average molecular weight is 232 g/mol. The van der Waals surface area contributed by atoms with Crippen LogP contribution in [0.4, 0.5) is 5.69 Å². The molecule has 0 saturated carbocycles. The first-order valence-electron chi connectivity index (χ1n) is 5.37. The summed E-state index contributed by atoms with van der Waals surface area (Å²) in [6.45, 7) is 4.11. The zero-order valence-electron chi connectivity index (χ0n) is 9.99. The number of nitrogens with two attached hydrogens (primary N) is 1. The van der Waals surface area contributed by atoms with E-state index in [1.54, 1.807) is 25.1 Å². The van der Waals surface area contributed by atoms with Gasteiger partial charge in [0.2, 0.25) is 0 Å². The van der Waals surface area contributed by atoms with E-state index < -0.39 is 0 Å². The van der Waals surface area contributed by atoms with Gasteiger partial charge in [0.05, 0.1) is 12.6 Å². The number of rotatable bonds is 4. The number of carbonyl (C=O) groups is 1. The molecular weight excluding hydrogens is 216 g/mol. The molecule has 0 aromatic heterocycles. The molecule has 1 unspecified atom stereocenters. The summed E-state index contributed by atoms with van der Waals surface area (Å²) in [4.78, 5) is 11.8. The molecule has 4 nitrogen and oxygen atoms in total. The summed E-state index contributed by atoms with van der Waals surface area (Å²) in [7, 11) is 0. The molecular formula is C13H16N2O2. The van der Waals surface area contributed by atoms with Crippen LogP contribution in [0.5, 0.6) is 5.75 Å². The maximum absolute atomic E-state index is 11.8. The maximum Gasteiger partial charge on any atom is 0.252 e. The van der Waals surface area contributed by atoms with Gasteiger partial charge in [-0.3, -0.25) is 4.79 Å². The zero-order chi connectivity index (χ0) is 12.8. The number of amides is 1. The number of benzene rings is 1. The van der Waals surface area contributed by atoms with Crippen molar-refractivity contribution in [2.24, 2.45) is 0 Å². The van der Waals surface area contributed by atoms with Crippen LogP contribution >= 0.6 is 0 Å². The van der Waals surface area contributed by atoms with Gasteiger partial charge in [0.15, 0.2) is 0 Å². The Balaban J connectivity index is 2.90. The SMILES string of the molecule is C#CC(C)NC(=O)c1cc(N)cc(OCC)c1. The van der Waals surface area contributed by atoms with Crippen molar-refractivity contribution in [2.75, 3.05) is 12.3 Å². The molecule has 1 atom stereocenters. The van der Waals surface area contributed by atoms with E-state index in [-0.39, 0.29) is 11.9 Å². The topological polar surface area (TPSA) is 64.4 Å². The smallest absolute Gasteiger partial charge is 0.252 e. The molecule has 0 bridgehead atoms. The van der Waals surface area contributed by atoms with Crippen LogP contribution in [0, 0.1) is 12.3 Å². The number of carbonyl (C=O) groups excluding carboxylic acids is 1. The van der Waals surface area contributed by atoms with Crippen LogP contribution in [0.15, 0.2) is 18.2 Å². The Morgan fingerprint density at radius 3 is 2.88 bits per heavy atom. The number of hydrogen-bond donors (Lipinski definition) is 2. The fourth-order valence-electron chi connectivity index (χ4n) is 1.32. The highest BCUT2D eigenvalue weighted by atomic mass is 16.5. The van der Waals surface area contributed by atoms with Crippen molar-refractivity contribution in [1.82, 2.24) is 5.32 Å². The summed E-state index contributed by atoms with van der Waals surface area (Å²) in [5, 5.41) is 2.66. The largest absolute Gasteiger partial charge is 0.494 e. The average Bonchev–Trinajstić information content (AvgIpc) is 2.28. The Hall–Kier alpha value is -2.15. The predicted molar refractivity (Wildman–Crippen MR) is 67.8 cm³/mol. The van der Waals surface area contributed by atoms with Crippen LogP contribution in [0.25, 0.3) is 0 Å². The molecule has 1 aromatic carbocycles. The first-order valence-corrected chi connectivity index (χ1v) is 5.37. The highest BCUT2D eigenvalue weighted by Gasteiger charge is 2.10. The van der Waals surface area contributed by atoms with E-state index in [4.69, 9.17) is 16.9 Å². The van der Waals surface area contributed by atoms with E-state index in [0.29, 0.717) is 23.6 Å². The van der Waals surface area contributed by atoms with Gasteiger partial charge in [0.25, 0.3) is 5.91 Å². The number of ether oxygens (including phenoxy) is 1. The van der Waals surface area contributed by atoms with Crippen LogP contribution in [0.3, 0.4) is 0 Å². The van der Waals surface area contributed by atoms with Crippen LogP contribution in [-0.4, -0.2) is 18.6 Å². The van der Waals surface area contributed by atoms with Crippen molar-refractivity contribution in [1.29, 1.82) is 0 Å². The van der Waals surface area contributed by atoms with Gasteiger partial charge in [0, 0.05) is 17.3 Å². The van der Waals surface area contributed by atoms with Gasteiger partial charge in [-0.15, -0.1) is 6.42 Å². The van der Waals surface area contributed by atoms with Gasteiger partial charge in [-0.2, -0.15) is 0 Å². The molecule has 4 heteroatoms. The lowest BCUT2D eigenvalue weighted by Crippen LogP contribution is -2.31. The lowest BCUT2D eigenvalue weighted by Gasteiger charge is -2.10. The van der Waals surface area contributed by atoms with Gasteiger partial charge in [-0.25, -0.2) is 0 Å². The summed E-state index contributed by atoms with van der Waals surface area (Å²) in [6.07, 6.45) is 5.19. The number of nitrogens with one attached hydrogen (secondary N) is 1. The standard InChI is InChI=1S/C13H16N2O2/c1-4-9(3)15-13(16)10-6-11(14)8-12(7-10)17-5-2/h1,6-9H,5,14H2,2-3H3,(H,15,16). The Bertz CT molecular complexity index is 449. The predicted octanol–water partition coefficient (Wildman–Crippen LogP) is 1.42. The van der Waals surface area contributed by atoms with E-state index in [1.807, 2.05) is 6.92 Å². The minimum absolute atomic E-state index is 0.260. The van der Waals surface area contributed by atoms with Crippen LogP contribution in [-0.2, 0) is 0 Å². The van der Waals surface area contributed by atoms with Crippen LogP contribution in [0.2, 0.25) is 0 Å². The highest BCUT2D eigenvalue weighted by Crippen LogP contribution is 2.18. The normalized spacial score (nSPS) is 11.4. The molecule has 1 rings (SSSR count). The van der Waals surface area contributed by atoms with Gasteiger partial charge in [-0.1, -0.05) is 5.92 Å². The van der Waals surface area contributed by atoms with Crippen LogP contribution < -0.4 is 15.8 Å². The lowest BCUT2D eigenvalue weighted by atomic mass is 10.1. The third-order valence-electron chi connectivity index (χ3n) is 2.10. The number of anilines is 1. The lowest BCUT2D eigenvalue weighted by molar-refractivity contribution is 0.0947. The molecule has 0 aliphatic heterocycles. The highest BCUT2D eigenvalue weighted by molar-refractivity contribution is 5.95. The minimum Gasteiger partial charge on any atom is -0.494 e. The van der Waals surface area contributed by atoms with E-state index >= 15 is 0 Å². The van der Waals surface area contributed by atoms with Gasteiger partial charge >= 0.3 is 0 Å². The molecule has 3 N–H and O–H groups in total. The van der Waals surface area contributed by atoms with Crippen molar-refractivity contribution in [3.05, 3.63) is 23.8 Å². The fraction of sp³-hybridized carbons (Fsp3) is 0.308. The Kier molecular flexibility index (Phi) is 4.41. The van der Waals surface area contributed by atoms with Crippen LogP contribution in [0.1, 0.15) is 24.2 Å². The van der Waals surface area contributed by atoms with Gasteiger partial charge < -0.3 is 15.8 Å². The second kappa shape index (κ2) is 5.80. The van der Waals surface area contributed by atoms with Crippen molar-refractivity contribution in [3.8, 4) is 18.1 Å². The third kappa shape index (κ3) is 3.72. The van der Waals surface area contributed by atoms with Crippen molar-refractivity contribution >= 4 is 11.6 Å². The van der Waals surface area contributed by atoms with E-state index in [2.05, 4.69) is 11.2 Å². The molecule has 0 fully saturated rings. The Labute approximate surface area is 101 Å². The second-order valence-electron chi connectivity index (χ2n) is 3.59. The summed E-state index contributed by atoms with van der Waals surface area (Å²) >= 11 is 0. The van der Waals surface area contributed by atoms with Crippen molar-refractivity contribution in [2.45, 2.75) is 19.9 Å². The number of hydrogen-bond acceptors (Lipinski definition) is 3. The first-order chi connectivity index (χ1) is 8.06. The molecule has 0 aliphatic carbocycles. The Morgan fingerprint density at radius 2 is 2.29 bits per heavy atom. The summed E-state index contributed by atoms with van der Waals surface area (Å²) < 4.78 is 5.31.